The first-order valence-electron chi connectivity index (χ1n) is 4.03. The molecule has 0 amide bonds. The van der Waals surface area contributed by atoms with E-state index in [1.807, 2.05) is 13.0 Å². The van der Waals surface area contributed by atoms with E-state index >= 15 is 0 Å². The lowest BCUT2D eigenvalue weighted by Crippen LogP contribution is -2.01. The molecule has 0 saturated heterocycles. The van der Waals surface area contributed by atoms with Crippen molar-refractivity contribution in [2.24, 2.45) is 0 Å². The van der Waals surface area contributed by atoms with Gasteiger partial charge in [0.05, 0.1) is 11.9 Å². The van der Waals surface area contributed by atoms with Gasteiger partial charge in [-0.2, -0.15) is 0 Å². The van der Waals surface area contributed by atoms with Crippen LogP contribution in [0.5, 0.6) is 0 Å². The summed E-state index contributed by atoms with van der Waals surface area (Å²) in [5.41, 5.74) is 7.52. The molecule has 72 valence electrons. The van der Waals surface area contributed by atoms with Crippen LogP contribution in [-0.2, 0) is 0 Å². The van der Waals surface area contributed by atoms with E-state index in [9.17, 15) is 0 Å². The molecule has 2 rings (SSSR count). The summed E-state index contributed by atoms with van der Waals surface area (Å²) < 4.78 is 2.10. The number of hydrogen-bond donors (Lipinski definition) is 2. The number of nitrogen functional groups attached to an aromatic ring is 1. The van der Waals surface area contributed by atoms with Crippen molar-refractivity contribution in [3.63, 3.8) is 0 Å². The minimum Gasteiger partial charge on any atom is -0.368 e. The second kappa shape index (κ2) is 3.22. The van der Waals surface area contributed by atoms with Crippen LogP contribution < -0.4 is 5.73 Å². The summed E-state index contributed by atoms with van der Waals surface area (Å²) in [7, 11) is 0. The molecule has 0 bridgehead atoms. The highest BCUT2D eigenvalue weighted by Gasteiger charge is 2.04. The molecular weight excluding hydrogens is 198 g/mol. The first-order chi connectivity index (χ1) is 6.68. The van der Waals surface area contributed by atoms with Crippen molar-refractivity contribution in [2.45, 2.75) is 6.92 Å². The van der Waals surface area contributed by atoms with Crippen LogP contribution >= 0.6 is 12.2 Å². The summed E-state index contributed by atoms with van der Waals surface area (Å²) in [4.78, 5) is 4.06. The van der Waals surface area contributed by atoms with E-state index in [-0.39, 0.29) is 0 Å². The molecule has 0 spiro atoms. The van der Waals surface area contributed by atoms with Crippen LogP contribution in [0.3, 0.4) is 0 Å². The van der Waals surface area contributed by atoms with Gasteiger partial charge in [0.25, 0.3) is 0 Å². The van der Waals surface area contributed by atoms with Crippen molar-refractivity contribution in [1.29, 1.82) is 0 Å². The lowest BCUT2D eigenvalue weighted by Gasteiger charge is -2.02. The maximum Gasteiger partial charge on any atom is 0.225 e. The first kappa shape index (κ1) is 8.89. The second-order valence-electron chi connectivity index (χ2n) is 2.94. The molecule has 14 heavy (non-hydrogen) atoms. The number of aryl methyl sites for hydroxylation is 1. The smallest absolute Gasteiger partial charge is 0.225 e. The van der Waals surface area contributed by atoms with Crippen LogP contribution in [-0.4, -0.2) is 19.7 Å². The van der Waals surface area contributed by atoms with Crippen molar-refractivity contribution in [3.05, 3.63) is 28.8 Å². The molecule has 0 atom stereocenters. The summed E-state index contributed by atoms with van der Waals surface area (Å²) in [5, 5.41) is 6.44. The average molecular weight is 207 g/mol. The van der Waals surface area contributed by atoms with E-state index in [2.05, 4.69) is 15.2 Å². The van der Waals surface area contributed by atoms with E-state index < -0.39 is 0 Å². The molecule has 2 aromatic heterocycles. The van der Waals surface area contributed by atoms with Crippen LogP contribution in [0.4, 0.5) is 5.95 Å². The molecule has 0 aromatic carbocycles. The number of H-pyrrole nitrogens is 1. The quantitative estimate of drug-likeness (QED) is 0.689. The molecule has 5 nitrogen and oxygen atoms in total. The fourth-order valence-electron chi connectivity index (χ4n) is 1.22. The Morgan fingerprint density at radius 1 is 1.50 bits per heavy atom. The molecule has 0 aliphatic carbocycles. The van der Waals surface area contributed by atoms with E-state index in [1.54, 1.807) is 17.0 Å². The summed E-state index contributed by atoms with van der Waals surface area (Å²) in [6.45, 7) is 1.95. The highest BCUT2D eigenvalue weighted by atomic mass is 32.1. The maximum absolute atomic E-state index is 5.65. The van der Waals surface area contributed by atoms with Crippen molar-refractivity contribution in [2.75, 3.05) is 5.73 Å². The zero-order valence-corrected chi connectivity index (χ0v) is 8.38. The highest BCUT2D eigenvalue weighted by molar-refractivity contribution is 7.71. The van der Waals surface area contributed by atoms with Gasteiger partial charge in [-0.25, -0.2) is 5.10 Å². The maximum atomic E-state index is 5.65. The number of aromatic amines is 1. The van der Waals surface area contributed by atoms with Gasteiger partial charge >= 0.3 is 0 Å². The Hall–Kier alpha value is -1.69. The Morgan fingerprint density at radius 2 is 2.29 bits per heavy atom. The van der Waals surface area contributed by atoms with Crippen LogP contribution in [0, 0.1) is 11.7 Å². The van der Waals surface area contributed by atoms with Gasteiger partial charge in [-0.3, -0.25) is 9.55 Å². The number of rotatable bonds is 1. The normalized spacial score (nSPS) is 10.4. The zero-order chi connectivity index (χ0) is 10.1. The fraction of sp³-hybridized carbons (Fsp3) is 0.125. The van der Waals surface area contributed by atoms with Gasteiger partial charge < -0.3 is 5.73 Å². The molecule has 0 aliphatic heterocycles. The monoisotopic (exact) mass is 207 g/mol. The fourth-order valence-corrected chi connectivity index (χ4v) is 1.46. The lowest BCUT2D eigenvalue weighted by atomic mass is 10.3. The molecular formula is C8H9N5S. The number of nitrogens with two attached hydrogens (primary N) is 1. The number of anilines is 1. The van der Waals surface area contributed by atoms with E-state index in [4.69, 9.17) is 18.0 Å². The number of pyridine rings is 1. The van der Waals surface area contributed by atoms with Gasteiger partial charge in [0.2, 0.25) is 10.7 Å². The lowest BCUT2D eigenvalue weighted by molar-refractivity contribution is 1.02. The van der Waals surface area contributed by atoms with Gasteiger partial charge in [-0.1, -0.05) is 0 Å². The van der Waals surface area contributed by atoms with Gasteiger partial charge in [0.15, 0.2) is 0 Å². The molecule has 0 radical (unpaired) electrons. The largest absolute Gasteiger partial charge is 0.368 e. The van der Waals surface area contributed by atoms with Crippen molar-refractivity contribution in [3.8, 4) is 5.69 Å². The highest BCUT2D eigenvalue weighted by Crippen LogP contribution is 2.11. The molecule has 0 fully saturated rings. The number of aromatic nitrogens is 4. The number of nitrogens with one attached hydrogen (secondary N) is 1. The van der Waals surface area contributed by atoms with Gasteiger partial charge in [0, 0.05) is 6.20 Å². The van der Waals surface area contributed by atoms with Crippen molar-refractivity contribution in [1.82, 2.24) is 19.7 Å². The molecule has 2 aromatic rings. The first-order valence-corrected chi connectivity index (χ1v) is 4.44. The minimum atomic E-state index is 0.336. The Bertz CT molecular complexity index is 512. The van der Waals surface area contributed by atoms with Gasteiger partial charge in [-0.05, 0) is 30.8 Å². The summed E-state index contributed by atoms with van der Waals surface area (Å²) in [6.07, 6.45) is 3.46. The topological polar surface area (TPSA) is 72.5 Å². The molecule has 0 aliphatic rings. The van der Waals surface area contributed by atoms with Crippen LogP contribution in [0.25, 0.3) is 5.69 Å². The number of nitrogens with zero attached hydrogens (tertiary/aromatic N) is 3. The standard InChI is InChI=1S/C8H9N5S/c1-5-2-6(4-10-3-5)13-7(9)11-12-8(13)14/h2-4H,1H3,(H2,9,11)(H,12,14). The molecule has 2 heterocycles. The van der Waals surface area contributed by atoms with Gasteiger partial charge in [0.1, 0.15) is 0 Å². The predicted octanol–water partition coefficient (Wildman–Crippen LogP) is 1.22. The Morgan fingerprint density at radius 3 is 2.86 bits per heavy atom. The molecule has 0 saturated carbocycles. The van der Waals surface area contributed by atoms with Gasteiger partial charge in [-0.15, -0.1) is 5.10 Å². The van der Waals surface area contributed by atoms with Crippen molar-refractivity contribution >= 4 is 18.2 Å². The Balaban J connectivity index is 2.66. The third kappa shape index (κ3) is 1.39. The second-order valence-corrected chi connectivity index (χ2v) is 3.33. The molecule has 6 heteroatoms. The van der Waals surface area contributed by atoms with E-state index in [0.717, 1.165) is 11.3 Å². The Labute approximate surface area is 85.6 Å². The third-order valence-corrected chi connectivity index (χ3v) is 2.09. The zero-order valence-electron chi connectivity index (χ0n) is 7.56. The summed E-state index contributed by atoms with van der Waals surface area (Å²) >= 11 is 5.04. The third-order valence-electron chi connectivity index (χ3n) is 1.82. The SMILES string of the molecule is Cc1cncc(-n2c(N)n[nH]c2=S)c1. The molecule has 3 N–H and O–H groups in total. The van der Waals surface area contributed by atoms with Crippen LogP contribution in [0.1, 0.15) is 5.56 Å². The van der Waals surface area contributed by atoms with Crippen LogP contribution in [0.15, 0.2) is 18.5 Å². The minimum absolute atomic E-state index is 0.336. The van der Waals surface area contributed by atoms with E-state index in [1.165, 1.54) is 0 Å². The number of hydrogen-bond acceptors (Lipinski definition) is 4. The summed E-state index contributed by atoms with van der Waals surface area (Å²) in [5.74, 6) is 0.336. The molecule has 0 unspecified atom stereocenters. The van der Waals surface area contributed by atoms with Crippen LogP contribution in [0.2, 0.25) is 0 Å². The van der Waals surface area contributed by atoms with E-state index in [0.29, 0.717) is 10.7 Å². The van der Waals surface area contributed by atoms with Crippen molar-refractivity contribution < 1.29 is 0 Å². The predicted molar refractivity (Wildman–Crippen MR) is 55.7 cm³/mol. The average Bonchev–Trinajstić information content (AvgIpc) is 2.46. The summed E-state index contributed by atoms with van der Waals surface area (Å²) in [6, 6.07) is 1.94. The Kier molecular flexibility index (Phi) is 2.05.